The number of aromatic carboxylic acids is 1. The lowest BCUT2D eigenvalue weighted by Gasteiger charge is -2.52. The van der Waals surface area contributed by atoms with Gasteiger partial charge < -0.3 is 29.5 Å². The number of aliphatic hydroxyl groups is 2. The number of fused-ring (bicyclic) bond motifs is 2. The van der Waals surface area contributed by atoms with Gasteiger partial charge in [0.1, 0.15) is 6.10 Å². The average Bonchev–Trinajstić information content (AvgIpc) is 2.87. The van der Waals surface area contributed by atoms with Gasteiger partial charge in [0.25, 0.3) is 5.56 Å². The number of hydrogen-bond donors (Lipinski definition) is 3. The second-order valence-electron chi connectivity index (χ2n) is 10.2. The highest BCUT2D eigenvalue weighted by Crippen LogP contribution is 2.51. The molecule has 8 nitrogen and oxygen atoms in total. The predicted molar refractivity (Wildman–Crippen MR) is 127 cm³/mol. The molecule has 0 unspecified atom stereocenters. The Morgan fingerprint density at radius 2 is 1.91 bits per heavy atom. The van der Waals surface area contributed by atoms with E-state index >= 15 is 0 Å². The van der Waals surface area contributed by atoms with Gasteiger partial charge in [-0.1, -0.05) is 30.3 Å². The Morgan fingerprint density at radius 1 is 1.21 bits per heavy atom. The summed E-state index contributed by atoms with van der Waals surface area (Å²) >= 11 is 0. The molecule has 0 aliphatic carbocycles. The Bertz CT molecular complexity index is 1090. The minimum atomic E-state index is -1.14. The molecule has 2 aliphatic rings. The first-order chi connectivity index (χ1) is 16.0. The molecule has 3 heterocycles. The largest absolute Gasteiger partial charge is 0.478 e. The van der Waals surface area contributed by atoms with Gasteiger partial charge in [-0.25, -0.2) is 4.79 Å². The van der Waals surface area contributed by atoms with Crippen LogP contribution < -0.4 is 5.56 Å². The van der Waals surface area contributed by atoms with E-state index in [0.717, 1.165) is 5.56 Å². The zero-order valence-electron chi connectivity index (χ0n) is 19.9. The molecule has 0 radical (unpaired) electrons. The van der Waals surface area contributed by atoms with E-state index in [-0.39, 0.29) is 24.1 Å². The van der Waals surface area contributed by atoms with Crippen molar-refractivity contribution in [3.05, 3.63) is 70.1 Å². The van der Waals surface area contributed by atoms with E-state index in [9.17, 15) is 24.9 Å². The van der Waals surface area contributed by atoms with Gasteiger partial charge in [-0.15, -0.1) is 0 Å². The van der Waals surface area contributed by atoms with Gasteiger partial charge in [-0.2, -0.15) is 0 Å². The van der Waals surface area contributed by atoms with Gasteiger partial charge in [-0.3, -0.25) is 4.79 Å². The van der Waals surface area contributed by atoms with Gasteiger partial charge in [0, 0.05) is 18.3 Å². The second kappa shape index (κ2) is 9.26. The van der Waals surface area contributed by atoms with Crippen LogP contribution in [0.15, 0.2) is 53.5 Å². The molecule has 4 rings (SSSR count). The highest BCUT2D eigenvalue weighted by molar-refractivity contribution is 5.87. The predicted octanol–water partition coefficient (Wildman–Crippen LogP) is 2.08. The maximum Gasteiger partial charge on any atom is 0.337 e. The van der Waals surface area contributed by atoms with Crippen LogP contribution >= 0.6 is 0 Å². The summed E-state index contributed by atoms with van der Waals surface area (Å²) in [6, 6.07) is 12.4. The van der Waals surface area contributed by atoms with Crippen molar-refractivity contribution in [3.63, 3.8) is 0 Å². The van der Waals surface area contributed by atoms with E-state index in [1.54, 1.807) is 0 Å². The number of nitrogens with zero attached hydrogens (tertiary/aromatic N) is 2. The van der Waals surface area contributed by atoms with Crippen LogP contribution in [-0.4, -0.2) is 74.3 Å². The number of aliphatic hydroxyl groups excluding tert-OH is 2. The third-order valence-electron chi connectivity index (χ3n) is 7.68. The van der Waals surface area contributed by atoms with E-state index in [4.69, 9.17) is 4.74 Å². The van der Waals surface area contributed by atoms with Crippen LogP contribution in [0, 0.1) is 0 Å². The zero-order chi connectivity index (χ0) is 24.7. The summed E-state index contributed by atoms with van der Waals surface area (Å²) in [5.41, 5.74) is -1.20. The molecule has 0 saturated carbocycles. The van der Waals surface area contributed by atoms with Crippen LogP contribution in [0.25, 0.3) is 0 Å². The summed E-state index contributed by atoms with van der Waals surface area (Å²) in [7, 11) is 3.86. The SMILES string of the molecule is CN(C)[C@@H]1CC[C@@]2([C@H](O)Cn3cc(C(=O)O)ccc3=O)C[C@H](c3ccccc3)C[C@@](C)(O2)[C@H]1O. The summed E-state index contributed by atoms with van der Waals surface area (Å²) in [5, 5.41) is 32.3. The number of hydrogen-bond acceptors (Lipinski definition) is 6. The number of pyridine rings is 1. The third-order valence-corrected chi connectivity index (χ3v) is 7.68. The Morgan fingerprint density at radius 3 is 2.56 bits per heavy atom. The number of aromatic nitrogens is 1. The molecule has 0 amide bonds. The normalized spacial score (nSPS) is 32.2. The highest BCUT2D eigenvalue weighted by atomic mass is 16.6. The topological polar surface area (TPSA) is 112 Å². The molecule has 184 valence electrons. The van der Waals surface area contributed by atoms with Crippen LogP contribution in [0.3, 0.4) is 0 Å². The molecule has 0 spiro atoms. The Hall–Kier alpha value is -2.52. The monoisotopic (exact) mass is 470 g/mol. The second-order valence-corrected chi connectivity index (χ2v) is 10.2. The molecule has 2 aliphatic heterocycles. The van der Waals surface area contributed by atoms with Crippen molar-refractivity contribution in [1.29, 1.82) is 0 Å². The molecule has 1 aromatic carbocycles. The number of carbonyl (C=O) groups is 1. The summed E-state index contributed by atoms with van der Waals surface area (Å²) in [4.78, 5) is 25.9. The van der Waals surface area contributed by atoms with Crippen molar-refractivity contribution in [2.45, 2.75) is 74.5 Å². The van der Waals surface area contributed by atoms with E-state index in [0.29, 0.717) is 25.7 Å². The first-order valence-corrected chi connectivity index (χ1v) is 11.8. The van der Waals surface area contributed by atoms with Crippen LogP contribution in [-0.2, 0) is 11.3 Å². The third kappa shape index (κ3) is 4.55. The number of carboxylic acids is 1. The minimum absolute atomic E-state index is 0.0233. The lowest BCUT2D eigenvalue weighted by Crippen LogP contribution is -2.60. The number of ether oxygens (including phenoxy) is 1. The van der Waals surface area contributed by atoms with Gasteiger partial charge in [0.2, 0.25) is 0 Å². The summed E-state index contributed by atoms with van der Waals surface area (Å²) in [6.45, 7) is 1.81. The van der Waals surface area contributed by atoms with Crippen molar-refractivity contribution >= 4 is 5.97 Å². The standard InChI is InChI=1S/C26H34N2O6/c1-25-13-19(17-7-5-4-6-8-17)14-26(34-25,12-11-20(23(25)31)27(2)3)21(29)16-28-15-18(24(32)33)9-10-22(28)30/h4-10,15,19-21,23,29,31H,11-14,16H2,1-3H3,(H,32,33)/t19-,20-,21-,23+,25-,26+/m1/s1. The van der Waals surface area contributed by atoms with Crippen molar-refractivity contribution < 1.29 is 24.9 Å². The molecular formula is C26H34N2O6. The van der Waals surface area contributed by atoms with Crippen molar-refractivity contribution in [2.24, 2.45) is 0 Å². The number of likely N-dealkylation sites (N-methyl/N-ethyl adjacent to an activating group) is 1. The smallest absolute Gasteiger partial charge is 0.337 e. The van der Waals surface area contributed by atoms with Gasteiger partial charge >= 0.3 is 5.97 Å². The Labute approximate surface area is 199 Å². The molecule has 3 N–H and O–H groups in total. The molecule has 2 saturated heterocycles. The molecule has 34 heavy (non-hydrogen) atoms. The lowest BCUT2D eigenvalue weighted by atomic mass is 9.72. The average molecular weight is 471 g/mol. The minimum Gasteiger partial charge on any atom is -0.478 e. The van der Waals surface area contributed by atoms with Crippen molar-refractivity contribution in [2.75, 3.05) is 14.1 Å². The van der Waals surface area contributed by atoms with Crippen molar-refractivity contribution in [1.82, 2.24) is 9.47 Å². The lowest BCUT2D eigenvalue weighted by molar-refractivity contribution is -0.253. The first-order valence-electron chi connectivity index (χ1n) is 11.8. The molecule has 6 atom stereocenters. The summed E-state index contributed by atoms with van der Waals surface area (Å²) < 4.78 is 7.90. The van der Waals surface area contributed by atoms with Crippen LogP contribution in [0.2, 0.25) is 0 Å². The maximum absolute atomic E-state index is 12.5. The molecule has 2 aromatic rings. The molecular weight excluding hydrogens is 436 g/mol. The quantitative estimate of drug-likeness (QED) is 0.593. The van der Waals surface area contributed by atoms with E-state index in [1.165, 1.54) is 22.9 Å². The number of rotatable bonds is 6. The van der Waals surface area contributed by atoms with Crippen molar-refractivity contribution in [3.8, 4) is 0 Å². The van der Waals surface area contributed by atoms with E-state index in [1.807, 2.05) is 44.1 Å². The van der Waals surface area contributed by atoms with E-state index < -0.39 is 34.9 Å². The fraction of sp³-hybridized carbons (Fsp3) is 0.538. The van der Waals surface area contributed by atoms with Gasteiger partial charge in [-0.05, 0) is 64.3 Å². The fourth-order valence-corrected chi connectivity index (χ4v) is 5.84. The number of benzene rings is 1. The fourth-order valence-electron chi connectivity index (χ4n) is 5.84. The summed E-state index contributed by atoms with van der Waals surface area (Å²) in [6.07, 6.45) is 1.68. The van der Waals surface area contributed by atoms with Crippen LogP contribution in [0.1, 0.15) is 54.4 Å². The van der Waals surface area contributed by atoms with Gasteiger partial charge in [0.05, 0.1) is 29.4 Å². The van der Waals surface area contributed by atoms with Crippen LogP contribution in [0.4, 0.5) is 0 Å². The molecule has 1 aromatic heterocycles. The van der Waals surface area contributed by atoms with Gasteiger partial charge in [0.15, 0.2) is 0 Å². The van der Waals surface area contributed by atoms with E-state index in [2.05, 4.69) is 12.1 Å². The zero-order valence-corrected chi connectivity index (χ0v) is 19.9. The van der Waals surface area contributed by atoms with Crippen LogP contribution in [0.5, 0.6) is 0 Å². The Balaban J connectivity index is 1.74. The number of carboxylic acid groups (broad SMARTS) is 1. The highest BCUT2D eigenvalue weighted by Gasteiger charge is 2.57. The summed E-state index contributed by atoms with van der Waals surface area (Å²) in [5.74, 6) is -1.09. The first kappa shape index (κ1) is 24.6. The Kier molecular flexibility index (Phi) is 6.70. The molecule has 8 heteroatoms. The molecule has 2 fully saturated rings. The maximum atomic E-state index is 12.5. The molecule has 2 bridgehead atoms.